The fourth-order valence-electron chi connectivity index (χ4n) is 7.22. The molecule has 0 amide bonds. The highest BCUT2D eigenvalue weighted by atomic mass is 16.7. The highest BCUT2D eigenvalue weighted by Gasteiger charge is 2.44. The van der Waals surface area contributed by atoms with Gasteiger partial charge in [0.05, 0.1) is 68.1 Å². The Kier molecular flexibility index (Phi) is 21.1. The summed E-state index contributed by atoms with van der Waals surface area (Å²) in [7, 11) is 0. The van der Waals surface area contributed by atoms with Gasteiger partial charge >= 0.3 is 0 Å². The smallest absolute Gasteiger partial charge is 0.163 e. The van der Waals surface area contributed by atoms with Gasteiger partial charge in [-0.1, -0.05) is 121 Å². The van der Waals surface area contributed by atoms with Crippen LogP contribution in [-0.2, 0) is 28.4 Å². The van der Waals surface area contributed by atoms with Crippen LogP contribution in [0, 0.1) is 10.8 Å². The topological polar surface area (TPSA) is 95.8 Å². The van der Waals surface area contributed by atoms with Crippen LogP contribution >= 0.6 is 0 Å². The van der Waals surface area contributed by atoms with Gasteiger partial charge in [0.2, 0.25) is 0 Å². The third-order valence-electron chi connectivity index (χ3n) is 10.2. The molecule has 0 spiro atoms. The van der Waals surface area contributed by atoms with Crippen molar-refractivity contribution in [3.05, 3.63) is 0 Å². The zero-order chi connectivity index (χ0) is 36.9. The first-order chi connectivity index (χ1) is 22.8. The van der Waals surface area contributed by atoms with Crippen molar-refractivity contribution in [2.75, 3.05) is 19.8 Å². The monoisotopic (exact) mass is 717 g/mol. The molecule has 3 rings (SSSR count). The van der Waals surface area contributed by atoms with Crippen LogP contribution in [0.4, 0.5) is 0 Å². The van der Waals surface area contributed by atoms with Crippen molar-refractivity contribution in [2.24, 2.45) is 10.8 Å². The maximum Gasteiger partial charge on any atom is 0.163 e. The Hall–Kier alpha value is -0.320. The van der Waals surface area contributed by atoms with Gasteiger partial charge in [-0.2, -0.15) is 0 Å². The first kappa shape index (κ1) is 47.7. The molecule has 2 N–H and O–H groups in total. The third-order valence-corrected chi connectivity index (χ3v) is 10.2. The van der Waals surface area contributed by atoms with E-state index >= 15 is 0 Å². The Bertz CT molecular complexity index is 878. The van der Waals surface area contributed by atoms with Gasteiger partial charge in [0.15, 0.2) is 5.79 Å². The maximum absolute atomic E-state index is 10.7. The normalized spacial score (nSPS) is 28.1. The molecular weight excluding hydrogens is 632 g/mol. The second-order valence-corrected chi connectivity index (χ2v) is 18.4. The van der Waals surface area contributed by atoms with Crippen molar-refractivity contribution < 1.29 is 38.6 Å². The predicted molar refractivity (Wildman–Crippen MR) is 206 cm³/mol. The molecule has 8 nitrogen and oxygen atoms in total. The molecule has 3 heterocycles. The van der Waals surface area contributed by atoms with Crippen molar-refractivity contribution in [1.29, 1.82) is 0 Å². The number of rotatable bonds is 19. The van der Waals surface area contributed by atoms with E-state index in [2.05, 4.69) is 69.2 Å². The Morgan fingerprint density at radius 1 is 0.780 bits per heavy atom. The number of ether oxygens (including phenoxy) is 6. The van der Waals surface area contributed by atoms with E-state index in [9.17, 15) is 10.2 Å². The van der Waals surface area contributed by atoms with Gasteiger partial charge in [-0.3, -0.25) is 0 Å². The summed E-state index contributed by atoms with van der Waals surface area (Å²) in [6.45, 7) is 27.0. The van der Waals surface area contributed by atoms with E-state index in [-0.39, 0.29) is 66.6 Å². The van der Waals surface area contributed by atoms with Gasteiger partial charge in [-0.15, -0.1) is 0 Å². The van der Waals surface area contributed by atoms with Crippen LogP contribution in [-0.4, -0.2) is 90.3 Å². The minimum atomic E-state index is -0.522. The van der Waals surface area contributed by atoms with Crippen molar-refractivity contribution >= 4 is 0 Å². The van der Waals surface area contributed by atoms with E-state index in [0.29, 0.717) is 26.2 Å². The van der Waals surface area contributed by atoms with Crippen LogP contribution < -0.4 is 0 Å². The van der Waals surface area contributed by atoms with E-state index < -0.39 is 11.9 Å². The first-order valence-electron chi connectivity index (χ1n) is 20.0. The molecule has 3 saturated heterocycles. The fraction of sp³-hybridized carbons (Fsp3) is 1.00. The molecule has 0 bridgehead atoms. The minimum Gasteiger partial charge on any atom is -0.390 e. The lowest BCUT2D eigenvalue weighted by Gasteiger charge is -2.35. The van der Waals surface area contributed by atoms with Crippen molar-refractivity contribution in [1.82, 2.24) is 0 Å². The van der Waals surface area contributed by atoms with Gasteiger partial charge in [-0.25, -0.2) is 0 Å². The molecule has 0 aromatic carbocycles. The lowest BCUT2D eigenvalue weighted by Crippen LogP contribution is -2.42. The summed E-state index contributed by atoms with van der Waals surface area (Å²) in [5.74, 6) is -0.522. The molecule has 8 unspecified atom stereocenters. The average molecular weight is 717 g/mol. The molecule has 3 aliphatic rings. The Morgan fingerprint density at radius 2 is 1.38 bits per heavy atom. The molecule has 0 aliphatic carbocycles. The highest BCUT2D eigenvalue weighted by molar-refractivity contribution is 4.92. The van der Waals surface area contributed by atoms with Crippen molar-refractivity contribution in [2.45, 2.75) is 241 Å². The summed E-state index contributed by atoms with van der Waals surface area (Å²) in [6, 6.07) is 0. The molecule has 3 fully saturated rings. The summed E-state index contributed by atoms with van der Waals surface area (Å²) in [6.07, 6.45) is 14.8. The van der Waals surface area contributed by atoms with Gasteiger partial charge < -0.3 is 38.6 Å². The molecule has 0 radical (unpaired) electrons. The molecule has 0 aromatic rings. The molecule has 8 atom stereocenters. The lowest BCUT2D eigenvalue weighted by molar-refractivity contribution is -0.155. The van der Waals surface area contributed by atoms with E-state index in [1.165, 1.54) is 44.9 Å². The zero-order valence-corrected chi connectivity index (χ0v) is 34.0. The van der Waals surface area contributed by atoms with Crippen molar-refractivity contribution in [3.8, 4) is 0 Å². The van der Waals surface area contributed by atoms with Crippen LogP contribution in [0.2, 0.25) is 0 Å². The molecule has 300 valence electrons. The highest BCUT2D eigenvalue weighted by Crippen LogP contribution is 2.37. The summed E-state index contributed by atoms with van der Waals surface area (Å²) < 4.78 is 36.1. The Morgan fingerprint density at radius 3 is 1.92 bits per heavy atom. The summed E-state index contributed by atoms with van der Waals surface area (Å²) in [5.41, 5.74) is -0.244. The number of unbranched alkanes of at least 4 members (excludes halogenated alkanes) is 7. The summed E-state index contributed by atoms with van der Waals surface area (Å²) in [5, 5.41) is 21.1. The number of hydrogen-bond acceptors (Lipinski definition) is 8. The van der Waals surface area contributed by atoms with Gasteiger partial charge in [-0.05, 0) is 64.2 Å². The van der Waals surface area contributed by atoms with Crippen LogP contribution in [0.3, 0.4) is 0 Å². The maximum atomic E-state index is 10.7. The Labute approximate surface area is 309 Å². The molecular formula is C42H84O8. The van der Waals surface area contributed by atoms with E-state index in [4.69, 9.17) is 28.4 Å². The molecule has 0 aromatic heterocycles. The standard InChI is InChI=1S/C21H40O4.C20H40O4.CH4/c1-7-8-9-10-17-16(22)13-18(24-17)19(20(2,3)4)23-14-15-11-12-21(5,6)25-15;1-7-8-9-10-11-12-13-17(18(21)19(2,3)4)22-14-16-15-23-20(5,6)24-16;/h15-19,22H,7-14H2,1-6H3;16-18,21H,7-15H2,1-6H3;1H4. The lowest BCUT2D eigenvalue weighted by atomic mass is 9.84. The molecule has 50 heavy (non-hydrogen) atoms. The van der Waals surface area contributed by atoms with Crippen molar-refractivity contribution in [3.63, 3.8) is 0 Å². The third kappa shape index (κ3) is 17.7. The summed E-state index contributed by atoms with van der Waals surface area (Å²) >= 11 is 0. The molecule has 0 saturated carbocycles. The second kappa shape index (κ2) is 22.2. The molecule has 8 heteroatoms. The first-order valence-corrected chi connectivity index (χ1v) is 20.0. The van der Waals surface area contributed by atoms with Crippen LogP contribution in [0.15, 0.2) is 0 Å². The van der Waals surface area contributed by atoms with Gasteiger partial charge in [0.1, 0.15) is 6.10 Å². The predicted octanol–water partition coefficient (Wildman–Crippen LogP) is 9.79. The van der Waals surface area contributed by atoms with Crippen LogP contribution in [0.5, 0.6) is 0 Å². The zero-order valence-electron chi connectivity index (χ0n) is 34.0. The van der Waals surface area contributed by atoms with Crippen LogP contribution in [0.1, 0.15) is 180 Å². The Balaban J connectivity index is 0.000000491. The van der Waals surface area contributed by atoms with Gasteiger partial charge in [0, 0.05) is 6.42 Å². The van der Waals surface area contributed by atoms with E-state index in [1.54, 1.807) is 0 Å². The van der Waals surface area contributed by atoms with E-state index in [0.717, 1.165) is 38.5 Å². The second-order valence-electron chi connectivity index (χ2n) is 18.4. The summed E-state index contributed by atoms with van der Waals surface area (Å²) in [4.78, 5) is 0. The molecule has 3 aliphatic heterocycles. The number of aliphatic hydroxyl groups is 2. The number of aliphatic hydroxyl groups excluding tert-OH is 2. The number of hydrogen-bond donors (Lipinski definition) is 2. The van der Waals surface area contributed by atoms with Gasteiger partial charge in [0.25, 0.3) is 0 Å². The van der Waals surface area contributed by atoms with Crippen LogP contribution in [0.25, 0.3) is 0 Å². The SMILES string of the molecule is C.CCCCCC1OC(C(OCC2CCC(C)(C)O2)C(C)(C)C)CC1O.CCCCCCCCC(OCC1COC(C)(C)O1)C(O)C(C)(C)C. The minimum absolute atomic E-state index is 0. The average Bonchev–Trinajstić information content (AvgIpc) is 3.65. The largest absolute Gasteiger partial charge is 0.390 e. The fourth-order valence-corrected chi connectivity index (χ4v) is 7.22. The quantitative estimate of drug-likeness (QED) is 0.128. The van der Waals surface area contributed by atoms with E-state index in [1.807, 2.05) is 13.8 Å².